The minimum absolute atomic E-state index is 0.824. The maximum atomic E-state index is 3.81. The van der Waals surface area contributed by atoms with Crippen molar-refractivity contribution in [2.45, 2.75) is 70.1 Å². The Bertz CT molecular complexity index is 3140. The number of benzene rings is 9. The highest BCUT2D eigenvalue weighted by atomic mass is 32.2. The molecule has 0 aromatic heterocycles. The van der Waals surface area contributed by atoms with Crippen LogP contribution in [0.15, 0.2) is 223 Å². The molecule has 0 aliphatic heterocycles. The van der Waals surface area contributed by atoms with E-state index in [4.69, 9.17) is 0 Å². The number of hydrogen-bond acceptors (Lipinski definition) is 3. The van der Waals surface area contributed by atoms with Gasteiger partial charge in [-0.25, -0.2) is 0 Å². The second kappa shape index (κ2) is 25.5. The van der Waals surface area contributed by atoms with Crippen LogP contribution in [0.3, 0.4) is 0 Å². The molecule has 0 saturated heterocycles. The molecule has 9 aromatic rings. The number of thioether (sulfide) groups is 1. The van der Waals surface area contributed by atoms with E-state index in [1.807, 2.05) is 17.8 Å². The standard InChI is InChI=1S/C69H65N2S/c1-3-5-16-54-36-43-63(44-37-54)71(65-23-15-24-66(52-65)72-49-48-53-18-9-7-10-19-53)64-45-38-58(39-46-64)33-31-56-28-26-55(27-29-56)30-32-57-34-41-61(42-35-57)67-51-60(17-6-4-2)40-47-69(67)70-68-25-14-13-22-62(68)50-59-20-11-8-12-21-59/h7-15,18-21,23-47,51-52,70H,3-6,16-17,48-50H2,1-2H3/b32-30+,33-31+. The third-order valence-electron chi connectivity index (χ3n) is 13.2. The third kappa shape index (κ3) is 13.8. The molecule has 0 spiro atoms. The van der Waals surface area contributed by atoms with Gasteiger partial charge in [0.05, 0.1) is 0 Å². The fourth-order valence-corrected chi connectivity index (χ4v) is 10.0. The Labute approximate surface area is 433 Å². The molecule has 9 aromatic carbocycles. The molecule has 1 N–H and O–H groups in total. The first kappa shape index (κ1) is 49.4. The van der Waals surface area contributed by atoms with Crippen molar-refractivity contribution < 1.29 is 0 Å². The van der Waals surface area contributed by atoms with E-state index in [1.165, 1.54) is 75.1 Å². The third-order valence-corrected chi connectivity index (χ3v) is 14.2. The van der Waals surface area contributed by atoms with Gasteiger partial charge in [-0.3, -0.25) is 0 Å². The van der Waals surface area contributed by atoms with Gasteiger partial charge in [-0.05, 0) is 154 Å². The maximum absolute atomic E-state index is 3.81. The molecule has 0 amide bonds. The van der Waals surface area contributed by atoms with Crippen LogP contribution in [0.25, 0.3) is 35.4 Å². The highest BCUT2D eigenvalue weighted by Gasteiger charge is 2.15. The average molecular weight is 954 g/mol. The number of rotatable bonds is 22. The minimum Gasteiger partial charge on any atom is -0.355 e. The summed E-state index contributed by atoms with van der Waals surface area (Å²) in [6.07, 6.45) is 17.6. The lowest BCUT2D eigenvalue weighted by atomic mass is 9.97. The highest BCUT2D eigenvalue weighted by Crippen LogP contribution is 2.38. The molecule has 1 radical (unpaired) electrons. The molecule has 357 valence electrons. The number of hydrogen-bond donors (Lipinski definition) is 1. The lowest BCUT2D eigenvalue weighted by molar-refractivity contribution is 0.795. The molecule has 3 heteroatoms. The highest BCUT2D eigenvalue weighted by molar-refractivity contribution is 7.99. The van der Waals surface area contributed by atoms with Crippen molar-refractivity contribution in [2.24, 2.45) is 0 Å². The molecule has 2 nitrogen and oxygen atoms in total. The van der Waals surface area contributed by atoms with Crippen molar-refractivity contribution in [1.82, 2.24) is 0 Å². The van der Waals surface area contributed by atoms with E-state index < -0.39 is 0 Å². The summed E-state index contributed by atoms with van der Waals surface area (Å²) in [5, 5.41) is 3.81. The first-order valence-electron chi connectivity index (χ1n) is 25.8. The van der Waals surface area contributed by atoms with Gasteiger partial charge in [-0.1, -0.05) is 209 Å². The fourth-order valence-electron chi connectivity index (χ4n) is 9.05. The Balaban J connectivity index is 0.860. The number of aryl methyl sites for hydroxylation is 3. The van der Waals surface area contributed by atoms with Crippen LogP contribution >= 0.6 is 11.8 Å². The van der Waals surface area contributed by atoms with Gasteiger partial charge in [0, 0.05) is 51.1 Å². The number of nitrogens with one attached hydrogen (secondary N) is 1. The molecule has 0 atom stereocenters. The Morgan fingerprint density at radius 1 is 0.444 bits per heavy atom. The molecule has 0 aliphatic carbocycles. The summed E-state index contributed by atoms with van der Waals surface area (Å²) < 4.78 is 0. The van der Waals surface area contributed by atoms with Gasteiger partial charge in [0.2, 0.25) is 0 Å². The van der Waals surface area contributed by atoms with Crippen molar-refractivity contribution in [3.8, 4) is 11.1 Å². The van der Waals surface area contributed by atoms with E-state index >= 15 is 0 Å². The van der Waals surface area contributed by atoms with Crippen molar-refractivity contribution in [3.63, 3.8) is 0 Å². The Kier molecular flexibility index (Phi) is 17.5. The normalized spacial score (nSPS) is 11.4. The van der Waals surface area contributed by atoms with Crippen LogP contribution in [0.1, 0.15) is 89.6 Å². The molecule has 0 unspecified atom stereocenters. The van der Waals surface area contributed by atoms with Crippen molar-refractivity contribution in [1.29, 1.82) is 0 Å². The summed E-state index contributed by atoms with van der Waals surface area (Å²) in [7, 11) is 0. The van der Waals surface area contributed by atoms with Crippen LogP contribution in [-0.2, 0) is 25.7 Å². The molecule has 0 saturated carbocycles. The predicted molar refractivity (Wildman–Crippen MR) is 313 cm³/mol. The second-order valence-electron chi connectivity index (χ2n) is 18.6. The van der Waals surface area contributed by atoms with Crippen LogP contribution in [0, 0.1) is 6.07 Å². The first-order chi connectivity index (χ1) is 35.6. The minimum atomic E-state index is 0.824. The molecular weight excluding hydrogens is 889 g/mol. The van der Waals surface area contributed by atoms with Crippen molar-refractivity contribution in [3.05, 3.63) is 275 Å². The number of unbranched alkanes of at least 4 members (excludes halogenated alkanes) is 2. The van der Waals surface area contributed by atoms with E-state index in [-0.39, 0.29) is 0 Å². The monoisotopic (exact) mass is 953 g/mol. The molecule has 0 aliphatic rings. The van der Waals surface area contributed by atoms with Gasteiger partial charge >= 0.3 is 0 Å². The van der Waals surface area contributed by atoms with E-state index in [1.54, 1.807) is 0 Å². The average Bonchev–Trinajstić information content (AvgIpc) is 3.43. The van der Waals surface area contributed by atoms with E-state index in [0.717, 1.165) is 76.6 Å². The van der Waals surface area contributed by atoms with Gasteiger partial charge in [0.15, 0.2) is 0 Å². The first-order valence-corrected chi connectivity index (χ1v) is 26.8. The summed E-state index contributed by atoms with van der Waals surface area (Å²) in [4.78, 5) is 3.66. The zero-order valence-electron chi connectivity index (χ0n) is 41.8. The molecular formula is C69H65N2S. The summed E-state index contributed by atoms with van der Waals surface area (Å²) in [5.74, 6) is 1.04. The van der Waals surface area contributed by atoms with Gasteiger partial charge < -0.3 is 10.2 Å². The fraction of sp³-hybridized carbons (Fsp3) is 0.159. The quantitative estimate of drug-likeness (QED) is 0.0538. The van der Waals surface area contributed by atoms with Crippen molar-refractivity contribution >= 4 is 64.5 Å². The van der Waals surface area contributed by atoms with Crippen molar-refractivity contribution in [2.75, 3.05) is 16.0 Å². The molecule has 72 heavy (non-hydrogen) atoms. The smallest absolute Gasteiger partial charge is 0.0472 e. The predicted octanol–water partition coefficient (Wildman–Crippen LogP) is 19.3. The summed E-state index contributed by atoms with van der Waals surface area (Å²) in [6.45, 7) is 4.51. The largest absolute Gasteiger partial charge is 0.355 e. The topological polar surface area (TPSA) is 15.3 Å². The van der Waals surface area contributed by atoms with Crippen LogP contribution in [-0.4, -0.2) is 5.75 Å². The lowest BCUT2D eigenvalue weighted by Gasteiger charge is -2.26. The van der Waals surface area contributed by atoms with E-state index in [2.05, 4.69) is 267 Å². The Morgan fingerprint density at radius 2 is 0.986 bits per heavy atom. The lowest BCUT2D eigenvalue weighted by Crippen LogP contribution is -2.10. The number of nitrogens with zero attached hydrogens (tertiary/aromatic N) is 1. The molecule has 9 rings (SSSR count). The molecule has 0 fully saturated rings. The van der Waals surface area contributed by atoms with Crippen LogP contribution in [0.2, 0.25) is 0 Å². The maximum Gasteiger partial charge on any atom is 0.0472 e. The summed E-state index contributed by atoms with van der Waals surface area (Å²) in [5.41, 5.74) is 19.3. The van der Waals surface area contributed by atoms with Crippen LogP contribution in [0.5, 0.6) is 0 Å². The number of anilines is 5. The van der Waals surface area contributed by atoms with Gasteiger partial charge in [-0.2, -0.15) is 0 Å². The van der Waals surface area contributed by atoms with Gasteiger partial charge in [0.25, 0.3) is 0 Å². The molecule has 0 heterocycles. The zero-order valence-corrected chi connectivity index (χ0v) is 42.6. The zero-order chi connectivity index (χ0) is 49.2. The Hall–Kier alpha value is -7.59. The Morgan fingerprint density at radius 3 is 1.61 bits per heavy atom. The summed E-state index contributed by atoms with van der Waals surface area (Å²) >= 11 is 1.92. The van der Waals surface area contributed by atoms with Crippen LogP contribution in [0.4, 0.5) is 28.4 Å². The van der Waals surface area contributed by atoms with Gasteiger partial charge in [-0.15, -0.1) is 11.8 Å². The van der Waals surface area contributed by atoms with E-state index in [0.29, 0.717) is 0 Å². The molecule has 0 bridgehead atoms. The van der Waals surface area contributed by atoms with Gasteiger partial charge in [0.1, 0.15) is 0 Å². The van der Waals surface area contributed by atoms with E-state index in [9.17, 15) is 0 Å². The summed E-state index contributed by atoms with van der Waals surface area (Å²) in [6, 6.07) is 82.8. The van der Waals surface area contributed by atoms with Crippen LogP contribution < -0.4 is 10.2 Å². The second-order valence-corrected chi connectivity index (χ2v) is 19.7. The SMILES string of the molecule is CCCCc1ccc(N(c2ccc(/C=C/c3ccc(/C=C/c4ccc(-c5cc(CCCC)ccc5Nc5ccc[c]c5Cc5ccccc5)cc4)cc3)cc2)c2cccc(SCCc3ccccc3)c2)cc1.